The highest BCUT2D eigenvalue weighted by atomic mass is 16.1. The van der Waals surface area contributed by atoms with Crippen molar-refractivity contribution in [1.82, 2.24) is 14.8 Å². The molecule has 0 unspecified atom stereocenters. The number of rotatable bonds is 4. The molecule has 5 nitrogen and oxygen atoms in total. The minimum atomic E-state index is -0.177. The van der Waals surface area contributed by atoms with Gasteiger partial charge in [-0.3, -0.25) is 4.79 Å². The maximum absolute atomic E-state index is 13.6. The molecule has 2 heterocycles. The zero-order valence-corrected chi connectivity index (χ0v) is 18.8. The Balaban J connectivity index is 1.72. The molecule has 1 amide bonds. The third-order valence-corrected chi connectivity index (χ3v) is 5.98. The quantitative estimate of drug-likeness (QED) is 0.364. The minimum Gasteiger partial charge on any atom is -0.322 e. The minimum absolute atomic E-state index is 0.177. The summed E-state index contributed by atoms with van der Waals surface area (Å²) in [4.78, 5) is 18.5. The molecule has 0 aliphatic carbocycles. The van der Waals surface area contributed by atoms with Crippen molar-refractivity contribution in [3.63, 3.8) is 0 Å². The van der Waals surface area contributed by atoms with Crippen molar-refractivity contribution >= 4 is 22.6 Å². The van der Waals surface area contributed by atoms with E-state index in [9.17, 15) is 4.79 Å². The van der Waals surface area contributed by atoms with E-state index in [0.717, 1.165) is 44.8 Å². The van der Waals surface area contributed by atoms with Crippen molar-refractivity contribution < 1.29 is 4.79 Å². The smallest absolute Gasteiger partial charge is 0.256 e. The van der Waals surface area contributed by atoms with Gasteiger partial charge in [0.1, 0.15) is 0 Å². The summed E-state index contributed by atoms with van der Waals surface area (Å²) in [6.07, 6.45) is 0. The van der Waals surface area contributed by atoms with E-state index in [2.05, 4.69) is 5.32 Å². The van der Waals surface area contributed by atoms with E-state index in [0.29, 0.717) is 11.2 Å². The second-order valence-electron chi connectivity index (χ2n) is 8.15. The van der Waals surface area contributed by atoms with Gasteiger partial charge in [-0.05, 0) is 56.2 Å². The number of aryl methyl sites for hydroxylation is 2. The average Bonchev–Trinajstić information content (AvgIpc) is 3.19. The van der Waals surface area contributed by atoms with Crippen LogP contribution in [-0.4, -0.2) is 20.7 Å². The van der Waals surface area contributed by atoms with E-state index >= 15 is 0 Å². The Morgan fingerprint density at radius 1 is 0.848 bits per heavy atom. The Morgan fingerprint density at radius 2 is 1.55 bits per heavy atom. The molecule has 0 radical (unpaired) electrons. The Kier molecular flexibility index (Phi) is 5.23. The second-order valence-corrected chi connectivity index (χ2v) is 8.15. The third-order valence-electron chi connectivity index (χ3n) is 5.98. The van der Waals surface area contributed by atoms with Gasteiger partial charge in [-0.25, -0.2) is 9.67 Å². The third kappa shape index (κ3) is 3.78. The number of aromatic nitrogens is 3. The van der Waals surface area contributed by atoms with E-state index in [1.165, 1.54) is 0 Å². The zero-order valence-electron chi connectivity index (χ0n) is 18.8. The lowest BCUT2D eigenvalue weighted by molar-refractivity contribution is 0.102. The number of hydrogen-bond acceptors (Lipinski definition) is 3. The molecule has 5 aromatic rings. The summed E-state index contributed by atoms with van der Waals surface area (Å²) in [5.41, 5.74) is 7.53. The van der Waals surface area contributed by atoms with E-state index in [1.807, 2.05) is 110 Å². The number of amides is 1. The molecule has 1 N–H and O–H groups in total. The number of hydrogen-bond donors (Lipinski definition) is 1. The molecule has 5 rings (SSSR count). The van der Waals surface area contributed by atoms with Gasteiger partial charge in [-0.15, -0.1) is 0 Å². The van der Waals surface area contributed by atoms with Gasteiger partial charge < -0.3 is 5.32 Å². The van der Waals surface area contributed by atoms with Crippen LogP contribution in [0.1, 0.15) is 27.2 Å². The van der Waals surface area contributed by atoms with Crippen LogP contribution >= 0.6 is 0 Å². The number of nitrogens with zero attached hydrogens (tertiary/aromatic N) is 3. The van der Waals surface area contributed by atoms with Crippen molar-refractivity contribution in [3.05, 3.63) is 107 Å². The molecule has 162 valence electrons. The van der Waals surface area contributed by atoms with E-state index in [1.54, 1.807) is 0 Å². The lowest BCUT2D eigenvalue weighted by atomic mass is 10.0. The van der Waals surface area contributed by atoms with Gasteiger partial charge in [-0.1, -0.05) is 60.7 Å². The van der Waals surface area contributed by atoms with Gasteiger partial charge in [0.25, 0.3) is 5.91 Å². The molecule has 5 heteroatoms. The number of anilines is 1. The van der Waals surface area contributed by atoms with Gasteiger partial charge in [0.05, 0.1) is 28.0 Å². The first-order valence-corrected chi connectivity index (χ1v) is 10.9. The van der Waals surface area contributed by atoms with Crippen molar-refractivity contribution in [2.75, 3.05) is 5.32 Å². The second kappa shape index (κ2) is 8.36. The van der Waals surface area contributed by atoms with Crippen LogP contribution in [0.5, 0.6) is 0 Å². The van der Waals surface area contributed by atoms with Crippen LogP contribution in [0.25, 0.3) is 28.0 Å². The first kappa shape index (κ1) is 20.6. The lowest BCUT2D eigenvalue weighted by Crippen LogP contribution is -2.14. The van der Waals surface area contributed by atoms with Gasteiger partial charge in [0, 0.05) is 11.3 Å². The molecular weight excluding hydrogens is 408 g/mol. The predicted octanol–water partition coefficient (Wildman–Crippen LogP) is 6.27. The molecule has 0 bridgehead atoms. The molecule has 33 heavy (non-hydrogen) atoms. The summed E-state index contributed by atoms with van der Waals surface area (Å²) in [6, 6.07) is 27.5. The fourth-order valence-corrected chi connectivity index (χ4v) is 4.05. The number of para-hydroxylation sites is 1. The molecule has 0 saturated heterocycles. The standard InChI is InChI=1S/C28H24N4O/c1-18-11-10-16-24(19(18)2)30-28(33)23-17-25(21-12-6-4-7-13-21)29-27-26(23)20(3)31-32(27)22-14-8-5-9-15-22/h4-17H,1-3H3,(H,30,33). The van der Waals surface area contributed by atoms with Crippen LogP contribution < -0.4 is 5.32 Å². The summed E-state index contributed by atoms with van der Waals surface area (Å²) in [5, 5.41) is 8.61. The molecule has 0 aliphatic rings. The van der Waals surface area contributed by atoms with E-state index in [-0.39, 0.29) is 5.91 Å². The molecule has 0 saturated carbocycles. The van der Waals surface area contributed by atoms with Gasteiger partial charge in [-0.2, -0.15) is 5.10 Å². The number of nitrogens with one attached hydrogen (secondary N) is 1. The molecule has 3 aromatic carbocycles. The Hall–Kier alpha value is -4.25. The summed E-state index contributed by atoms with van der Waals surface area (Å²) >= 11 is 0. The highest BCUT2D eigenvalue weighted by molar-refractivity contribution is 6.13. The van der Waals surface area contributed by atoms with Crippen LogP contribution in [0.3, 0.4) is 0 Å². The number of carbonyl (C=O) groups excluding carboxylic acids is 1. The van der Waals surface area contributed by atoms with Gasteiger partial charge in [0.15, 0.2) is 5.65 Å². The zero-order chi connectivity index (χ0) is 22.9. The van der Waals surface area contributed by atoms with Crippen LogP contribution in [0.15, 0.2) is 84.9 Å². The van der Waals surface area contributed by atoms with Crippen molar-refractivity contribution in [1.29, 1.82) is 0 Å². The fraction of sp³-hybridized carbons (Fsp3) is 0.107. The first-order valence-electron chi connectivity index (χ1n) is 10.9. The SMILES string of the molecule is Cc1cccc(NC(=O)c2cc(-c3ccccc3)nc3c2c(C)nn3-c2ccccc2)c1C. The van der Waals surface area contributed by atoms with E-state index in [4.69, 9.17) is 10.1 Å². The number of benzene rings is 3. The lowest BCUT2D eigenvalue weighted by Gasteiger charge is -2.12. The van der Waals surface area contributed by atoms with Crippen LogP contribution in [0, 0.1) is 20.8 Å². The maximum atomic E-state index is 13.6. The molecule has 0 fully saturated rings. The highest BCUT2D eigenvalue weighted by Crippen LogP contribution is 2.30. The Labute approximate surface area is 192 Å². The number of pyridine rings is 1. The molecule has 0 atom stereocenters. The largest absolute Gasteiger partial charge is 0.322 e. The first-order chi connectivity index (χ1) is 16.0. The van der Waals surface area contributed by atoms with Crippen molar-refractivity contribution in [2.24, 2.45) is 0 Å². The highest BCUT2D eigenvalue weighted by Gasteiger charge is 2.21. The van der Waals surface area contributed by atoms with Crippen molar-refractivity contribution in [3.8, 4) is 16.9 Å². The normalized spacial score (nSPS) is 11.0. The number of carbonyl (C=O) groups is 1. The monoisotopic (exact) mass is 432 g/mol. The topological polar surface area (TPSA) is 59.8 Å². The summed E-state index contributed by atoms with van der Waals surface area (Å²) in [6.45, 7) is 5.97. The molecular formula is C28H24N4O. The predicted molar refractivity (Wildman–Crippen MR) is 133 cm³/mol. The van der Waals surface area contributed by atoms with Gasteiger partial charge in [0.2, 0.25) is 0 Å². The fourth-order valence-electron chi connectivity index (χ4n) is 4.05. The summed E-state index contributed by atoms with van der Waals surface area (Å²) < 4.78 is 1.81. The van der Waals surface area contributed by atoms with Crippen LogP contribution in [-0.2, 0) is 0 Å². The van der Waals surface area contributed by atoms with Crippen molar-refractivity contribution in [2.45, 2.75) is 20.8 Å². The molecule has 2 aromatic heterocycles. The molecule has 0 aliphatic heterocycles. The van der Waals surface area contributed by atoms with Crippen LogP contribution in [0.4, 0.5) is 5.69 Å². The summed E-state index contributed by atoms with van der Waals surface area (Å²) in [7, 11) is 0. The van der Waals surface area contributed by atoms with Gasteiger partial charge >= 0.3 is 0 Å². The average molecular weight is 433 g/mol. The summed E-state index contributed by atoms with van der Waals surface area (Å²) in [5.74, 6) is -0.177. The van der Waals surface area contributed by atoms with E-state index < -0.39 is 0 Å². The molecule has 0 spiro atoms. The Morgan fingerprint density at radius 3 is 2.27 bits per heavy atom. The number of fused-ring (bicyclic) bond motifs is 1. The Bertz CT molecular complexity index is 1470. The maximum Gasteiger partial charge on any atom is 0.256 e. The van der Waals surface area contributed by atoms with Crippen LogP contribution in [0.2, 0.25) is 0 Å².